The van der Waals surface area contributed by atoms with Crippen molar-refractivity contribution in [3.05, 3.63) is 120 Å². The van der Waals surface area contributed by atoms with Crippen molar-refractivity contribution in [3.63, 3.8) is 0 Å². The second-order valence-electron chi connectivity index (χ2n) is 10.6. The number of nitrogens with zero attached hydrogens (tertiary/aromatic N) is 3. The van der Waals surface area contributed by atoms with E-state index in [0.717, 1.165) is 10.9 Å². The van der Waals surface area contributed by atoms with Gasteiger partial charge in [0.15, 0.2) is 11.7 Å². The summed E-state index contributed by atoms with van der Waals surface area (Å²) < 4.78 is 1.03. The largest absolute Gasteiger partial charge is 0.480 e. The average molecular weight is 656 g/mol. The fourth-order valence-electron chi connectivity index (χ4n) is 4.72. The number of aliphatic carboxylic acids is 2. The van der Waals surface area contributed by atoms with Crippen LogP contribution in [0.3, 0.4) is 0 Å². The molecular formula is C33H33N7O8. The van der Waals surface area contributed by atoms with Crippen LogP contribution in [0.25, 0.3) is 0 Å². The Hall–Kier alpha value is -6.38. The molecule has 0 aliphatic carbocycles. The van der Waals surface area contributed by atoms with Crippen LogP contribution in [0.5, 0.6) is 0 Å². The van der Waals surface area contributed by atoms with Crippen LogP contribution in [-0.4, -0.2) is 85.9 Å². The van der Waals surface area contributed by atoms with Gasteiger partial charge in [0.05, 0.1) is 12.7 Å². The first-order valence-electron chi connectivity index (χ1n) is 14.8. The molecule has 0 saturated carbocycles. The molecule has 4 aromatic rings. The monoisotopic (exact) mass is 655 g/mol. The van der Waals surface area contributed by atoms with E-state index in [4.69, 9.17) is 5.11 Å². The van der Waals surface area contributed by atoms with Gasteiger partial charge in [0.1, 0.15) is 18.6 Å². The number of amides is 4. The van der Waals surface area contributed by atoms with Crippen molar-refractivity contribution in [1.29, 1.82) is 0 Å². The van der Waals surface area contributed by atoms with E-state index in [9.17, 15) is 33.9 Å². The zero-order valence-electron chi connectivity index (χ0n) is 25.5. The lowest BCUT2D eigenvalue weighted by molar-refractivity contribution is -0.140. The van der Waals surface area contributed by atoms with Gasteiger partial charge in [0.25, 0.3) is 5.91 Å². The van der Waals surface area contributed by atoms with Crippen LogP contribution in [0.1, 0.15) is 33.2 Å². The molecule has 6 N–H and O–H groups in total. The molecule has 0 aliphatic heterocycles. The Balaban J connectivity index is 1.44. The number of rotatable bonds is 16. The van der Waals surface area contributed by atoms with Gasteiger partial charge in [0, 0.05) is 12.8 Å². The molecular weight excluding hydrogens is 622 g/mol. The molecule has 3 aromatic carbocycles. The van der Waals surface area contributed by atoms with Gasteiger partial charge in [-0.2, -0.15) is 0 Å². The van der Waals surface area contributed by atoms with Gasteiger partial charge in [-0.15, -0.1) is 5.10 Å². The summed E-state index contributed by atoms with van der Waals surface area (Å²) in [6.45, 7) is -1.21. The van der Waals surface area contributed by atoms with E-state index in [0.29, 0.717) is 16.7 Å². The van der Waals surface area contributed by atoms with Crippen LogP contribution >= 0.6 is 0 Å². The molecule has 4 amide bonds. The van der Waals surface area contributed by atoms with E-state index >= 15 is 0 Å². The summed E-state index contributed by atoms with van der Waals surface area (Å²) in [6.07, 6.45) is 1.25. The van der Waals surface area contributed by atoms with Gasteiger partial charge in [-0.05, 0) is 16.7 Å². The maximum Gasteiger partial charge on any atom is 0.333 e. The lowest BCUT2D eigenvalue weighted by Gasteiger charge is -2.20. The van der Waals surface area contributed by atoms with E-state index < -0.39 is 66.8 Å². The first-order valence-corrected chi connectivity index (χ1v) is 14.8. The number of benzene rings is 3. The molecule has 0 spiro atoms. The predicted molar refractivity (Wildman–Crippen MR) is 169 cm³/mol. The first-order chi connectivity index (χ1) is 23.1. The van der Waals surface area contributed by atoms with Gasteiger partial charge in [-0.25, -0.2) is 9.48 Å². The van der Waals surface area contributed by atoms with Gasteiger partial charge in [0.2, 0.25) is 17.7 Å². The second-order valence-corrected chi connectivity index (χ2v) is 10.6. The molecule has 4 rings (SSSR count). The van der Waals surface area contributed by atoms with Gasteiger partial charge in [-0.3, -0.25) is 24.0 Å². The third-order valence-corrected chi connectivity index (χ3v) is 7.03. The zero-order valence-corrected chi connectivity index (χ0v) is 25.5. The van der Waals surface area contributed by atoms with Crippen molar-refractivity contribution in [2.75, 3.05) is 13.1 Å². The summed E-state index contributed by atoms with van der Waals surface area (Å²) in [5, 5.41) is 36.2. The summed E-state index contributed by atoms with van der Waals surface area (Å²) in [6, 6.07) is 22.2. The minimum atomic E-state index is -1.26. The molecule has 248 valence electrons. The van der Waals surface area contributed by atoms with Crippen molar-refractivity contribution in [1.82, 2.24) is 36.3 Å². The van der Waals surface area contributed by atoms with E-state index in [2.05, 4.69) is 31.6 Å². The molecule has 0 saturated heterocycles. The van der Waals surface area contributed by atoms with Gasteiger partial charge >= 0.3 is 11.9 Å². The highest BCUT2D eigenvalue weighted by atomic mass is 16.4. The van der Waals surface area contributed by atoms with E-state index in [-0.39, 0.29) is 18.5 Å². The summed E-state index contributed by atoms with van der Waals surface area (Å²) in [5.41, 5.74) is 1.57. The van der Waals surface area contributed by atoms with E-state index in [1.807, 2.05) is 0 Å². The number of nitrogens with one attached hydrogen (secondary N) is 4. The number of carboxylic acids is 2. The Morgan fingerprint density at radius 2 is 1.17 bits per heavy atom. The fraction of sp³-hybridized carbons (Fsp3) is 0.212. The topological polar surface area (TPSA) is 222 Å². The van der Waals surface area contributed by atoms with Crippen LogP contribution in [0.15, 0.2) is 97.2 Å². The van der Waals surface area contributed by atoms with Crippen molar-refractivity contribution in [2.45, 2.75) is 31.0 Å². The smallest absolute Gasteiger partial charge is 0.333 e. The lowest BCUT2D eigenvalue weighted by Crippen LogP contribution is -2.53. The number of carbonyl (C=O) groups excluding carboxylic acids is 4. The van der Waals surface area contributed by atoms with E-state index in [1.54, 1.807) is 91.0 Å². The maximum absolute atomic E-state index is 13.3. The van der Waals surface area contributed by atoms with Crippen molar-refractivity contribution in [3.8, 4) is 0 Å². The maximum atomic E-state index is 13.3. The molecule has 0 aliphatic rings. The molecule has 3 atom stereocenters. The minimum absolute atomic E-state index is 0.0319. The summed E-state index contributed by atoms with van der Waals surface area (Å²) >= 11 is 0. The van der Waals surface area contributed by atoms with Crippen LogP contribution in [-0.2, 0) is 36.8 Å². The minimum Gasteiger partial charge on any atom is -0.480 e. The Bertz CT molecular complexity index is 1730. The number of carbonyl (C=O) groups is 6. The highest BCUT2D eigenvalue weighted by molar-refractivity contribution is 5.97. The first kappa shape index (κ1) is 34.5. The molecule has 15 nitrogen and oxygen atoms in total. The van der Waals surface area contributed by atoms with Crippen LogP contribution in [0.2, 0.25) is 0 Å². The standard InChI is InChI=1S/C33H33N7O8/c41-27(36-24(30(44)35-19-28(42)43)16-21-10-4-1-5-11-21)18-34-31(45)25(17-22-12-6-2-7-13-22)37-32(46)26-20-40(39-38-26)29(33(47)48)23-14-8-3-9-15-23/h1-15,20,24-25,29H,16-19H2,(H,34,45)(H,35,44)(H,36,41)(H,37,46)(H,42,43)(H,47,48)/t24-,25-,29?/m0/s1. The Labute approximate surface area is 274 Å². The molecule has 15 heteroatoms. The van der Waals surface area contributed by atoms with Crippen LogP contribution in [0, 0.1) is 0 Å². The van der Waals surface area contributed by atoms with Crippen molar-refractivity contribution < 1.29 is 39.0 Å². The zero-order chi connectivity index (χ0) is 34.5. The Morgan fingerprint density at radius 1 is 0.667 bits per heavy atom. The molecule has 1 unspecified atom stereocenters. The SMILES string of the molecule is O=C(O)CNC(=O)[C@H](Cc1ccccc1)NC(=O)CNC(=O)[C@H](Cc1ccccc1)NC(=O)c1cn(C(C(=O)O)c2ccccc2)nn1. The number of carboxylic acid groups (broad SMARTS) is 2. The third-order valence-electron chi connectivity index (χ3n) is 7.03. The van der Waals surface area contributed by atoms with Crippen LogP contribution in [0.4, 0.5) is 0 Å². The summed E-state index contributed by atoms with van der Waals surface area (Å²) in [5.74, 6) is -5.46. The molecule has 0 radical (unpaired) electrons. The fourth-order valence-corrected chi connectivity index (χ4v) is 4.72. The van der Waals surface area contributed by atoms with Gasteiger partial charge < -0.3 is 31.5 Å². The molecule has 1 aromatic heterocycles. The highest BCUT2D eigenvalue weighted by Gasteiger charge is 2.28. The second kappa shape index (κ2) is 16.8. The molecule has 0 bridgehead atoms. The van der Waals surface area contributed by atoms with Crippen molar-refractivity contribution in [2.24, 2.45) is 0 Å². The summed E-state index contributed by atoms with van der Waals surface area (Å²) in [7, 11) is 0. The molecule has 1 heterocycles. The van der Waals surface area contributed by atoms with E-state index in [1.165, 1.54) is 0 Å². The third kappa shape index (κ3) is 10.1. The average Bonchev–Trinajstić information content (AvgIpc) is 3.56. The number of aromatic nitrogens is 3. The number of hydrogen-bond donors (Lipinski definition) is 6. The van der Waals surface area contributed by atoms with Gasteiger partial charge in [-0.1, -0.05) is 96.2 Å². The number of hydrogen-bond acceptors (Lipinski definition) is 8. The molecule has 48 heavy (non-hydrogen) atoms. The summed E-state index contributed by atoms with van der Waals surface area (Å²) in [4.78, 5) is 75.1. The normalized spacial score (nSPS) is 12.5. The predicted octanol–water partition coefficient (Wildman–Crippen LogP) is 0.338. The quantitative estimate of drug-likeness (QED) is 0.0971. The van der Waals surface area contributed by atoms with Crippen molar-refractivity contribution >= 4 is 35.6 Å². The highest BCUT2D eigenvalue weighted by Crippen LogP contribution is 2.18. The lowest BCUT2D eigenvalue weighted by atomic mass is 10.0. The van der Waals surface area contributed by atoms with Crippen LogP contribution < -0.4 is 21.3 Å². The Morgan fingerprint density at radius 3 is 1.69 bits per heavy atom. The molecule has 0 fully saturated rings. The Kier molecular flexibility index (Phi) is 12.1.